The normalized spacial score (nSPS) is 10.6. The van der Waals surface area contributed by atoms with Gasteiger partial charge in [-0.05, 0) is 39.8 Å². The number of benzene rings is 4. The van der Waals surface area contributed by atoms with Crippen molar-refractivity contribution in [2.45, 2.75) is 6.42 Å². The second-order valence-electron chi connectivity index (χ2n) is 6.27. The molecule has 0 spiro atoms. The molecule has 0 atom stereocenters. The summed E-state index contributed by atoms with van der Waals surface area (Å²) >= 11 is 0. The van der Waals surface area contributed by atoms with Crippen molar-refractivity contribution in [2.24, 2.45) is 0 Å². The Morgan fingerprint density at radius 1 is 0.440 bits per heavy atom. The van der Waals surface area contributed by atoms with Crippen LogP contribution in [0.4, 0.5) is 0 Å². The minimum atomic E-state index is 0.936. The molecule has 0 heteroatoms. The molecular weight excluding hydrogens is 300 g/mol. The molecule has 4 aromatic rings. The molecule has 0 bridgehead atoms. The lowest BCUT2D eigenvalue weighted by Gasteiger charge is -2.13. The van der Waals surface area contributed by atoms with E-state index in [0.717, 1.165) is 6.42 Å². The quantitative estimate of drug-likeness (QED) is 0.397. The van der Waals surface area contributed by atoms with Crippen LogP contribution in [0.1, 0.15) is 11.1 Å². The van der Waals surface area contributed by atoms with Gasteiger partial charge in [-0.3, -0.25) is 0 Å². The van der Waals surface area contributed by atoms with Crippen LogP contribution in [0.5, 0.6) is 0 Å². The van der Waals surface area contributed by atoms with Crippen molar-refractivity contribution >= 4 is 0 Å². The van der Waals surface area contributed by atoms with Crippen LogP contribution in [0.15, 0.2) is 109 Å². The molecule has 0 saturated carbocycles. The highest BCUT2D eigenvalue weighted by atomic mass is 14.1. The molecule has 120 valence electrons. The standard InChI is InChI=1S/C25H20/c1-4-10-20(11-5-1)18-24-19-23(21-12-6-2-7-13-21)16-17-25(24)22-14-8-3-9-15-22/h1-17,19H,18H2. The van der Waals surface area contributed by atoms with Gasteiger partial charge in [0.05, 0.1) is 0 Å². The molecule has 0 aromatic heterocycles. The van der Waals surface area contributed by atoms with Gasteiger partial charge in [0.15, 0.2) is 0 Å². The first-order valence-electron chi connectivity index (χ1n) is 8.68. The van der Waals surface area contributed by atoms with Crippen molar-refractivity contribution in [1.82, 2.24) is 0 Å². The van der Waals surface area contributed by atoms with Gasteiger partial charge in [-0.25, -0.2) is 0 Å². The van der Waals surface area contributed by atoms with Gasteiger partial charge in [0.2, 0.25) is 0 Å². The van der Waals surface area contributed by atoms with Crippen LogP contribution in [-0.2, 0) is 6.42 Å². The number of hydrogen-bond acceptors (Lipinski definition) is 0. The second-order valence-corrected chi connectivity index (χ2v) is 6.27. The Morgan fingerprint density at radius 2 is 1.00 bits per heavy atom. The Kier molecular flexibility index (Phi) is 4.43. The van der Waals surface area contributed by atoms with Gasteiger partial charge in [0, 0.05) is 0 Å². The third kappa shape index (κ3) is 3.54. The van der Waals surface area contributed by atoms with Gasteiger partial charge in [-0.2, -0.15) is 0 Å². The third-order valence-electron chi connectivity index (χ3n) is 4.53. The Morgan fingerprint density at radius 3 is 1.64 bits per heavy atom. The van der Waals surface area contributed by atoms with Crippen molar-refractivity contribution in [3.8, 4) is 22.3 Å². The summed E-state index contributed by atoms with van der Waals surface area (Å²) in [5, 5.41) is 0. The van der Waals surface area contributed by atoms with Crippen LogP contribution in [0, 0.1) is 0 Å². The Bertz CT molecular complexity index is 939. The van der Waals surface area contributed by atoms with E-state index in [1.54, 1.807) is 0 Å². The highest BCUT2D eigenvalue weighted by Crippen LogP contribution is 2.30. The predicted octanol–water partition coefficient (Wildman–Crippen LogP) is 6.61. The average molecular weight is 320 g/mol. The molecule has 0 fully saturated rings. The third-order valence-corrected chi connectivity index (χ3v) is 4.53. The molecule has 4 aromatic carbocycles. The van der Waals surface area contributed by atoms with Crippen molar-refractivity contribution in [3.05, 3.63) is 120 Å². The second kappa shape index (κ2) is 7.19. The zero-order valence-corrected chi connectivity index (χ0v) is 14.1. The Labute approximate surface area is 149 Å². The summed E-state index contributed by atoms with van der Waals surface area (Å²) in [6.07, 6.45) is 0.936. The lowest BCUT2D eigenvalue weighted by molar-refractivity contribution is 1.20. The fourth-order valence-electron chi connectivity index (χ4n) is 3.27. The molecule has 0 aliphatic rings. The van der Waals surface area contributed by atoms with E-state index in [0.29, 0.717) is 0 Å². The molecule has 0 N–H and O–H groups in total. The molecule has 0 heterocycles. The lowest BCUT2D eigenvalue weighted by Crippen LogP contribution is -1.93. The first-order valence-corrected chi connectivity index (χ1v) is 8.68. The molecule has 0 aliphatic heterocycles. The summed E-state index contributed by atoms with van der Waals surface area (Å²) < 4.78 is 0. The van der Waals surface area contributed by atoms with Gasteiger partial charge in [0.1, 0.15) is 0 Å². The van der Waals surface area contributed by atoms with E-state index in [1.807, 2.05) is 0 Å². The van der Waals surface area contributed by atoms with E-state index in [4.69, 9.17) is 0 Å². The molecule has 0 amide bonds. The number of hydrogen-bond donors (Lipinski definition) is 0. The maximum absolute atomic E-state index is 2.34. The summed E-state index contributed by atoms with van der Waals surface area (Å²) in [5.74, 6) is 0. The molecule has 0 aliphatic carbocycles. The minimum absolute atomic E-state index is 0.936. The fraction of sp³-hybridized carbons (Fsp3) is 0.0400. The van der Waals surface area contributed by atoms with Gasteiger partial charge in [-0.15, -0.1) is 0 Å². The maximum atomic E-state index is 2.34. The van der Waals surface area contributed by atoms with Crippen LogP contribution in [0.3, 0.4) is 0 Å². The van der Waals surface area contributed by atoms with Crippen LogP contribution in [0.25, 0.3) is 22.3 Å². The molecule has 0 saturated heterocycles. The first-order chi connectivity index (χ1) is 12.4. The Balaban J connectivity index is 1.81. The van der Waals surface area contributed by atoms with Crippen LogP contribution in [-0.4, -0.2) is 0 Å². The van der Waals surface area contributed by atoms with Crippen molar-refractivity contribution < 1.29 is 0 Å². The van der Waals surface area contributed by atoms with Crippen molar-refractivity contribution in [1.29, 1.82) is 0 Å². The van der Waals surface area contributed by atoms with E-state index in [1.165, 1.54) is 33.4 Å². The number of rotatable bonds is 4. The smallest absolute Gasteiger partial charge is 0.00194 e. The van der Waals surface area contributed by atoms with Gasteiger partial charge < -0.3 is 0 Å². The van der Waals surface area contributed by atoms with E-state index in [2.05, 4.69) is 109 Å². The zero-order chi connectivity index (χ0) is 16.9. The molecule has 25 heavy (non-hydrogen) atoms. The summed E-state index contributed by atoms with van der Waals surface area (Å²) in [6, 6.07) is 38.8. The Hall–Kier alpha value is -3.12. The summed E-state index contributed by atoms with van der Waals surface area (Å²) in [7, 11) is 0. The van der Waals surface area contributed by atoms with Gasteiger partial charge >= 0.3 is 0 Å². The summed E-state index contributed by atoms with van der Waals surface area (Å²) in [4.78, 5) is 0. The molecule has 4 rings (SSSR count). The molecular formula is C25H20. The summed E-state index contributed by atoms with van der Waals surface area (Å²) in [6.45, 7) is 0. The SMILES string of the molecule is c1ccc(Cc2cc(-c3ccccc3)ccc2-c2ccccc2)cc1. The monoisotopic (exact) mass is 320 g/mol. The van der Waals surface area contributed by atoms with Crippen LogP contribution < -0.4 is 0 Å². The van der Waals surface area contributed by atoms with E-state index >= 15 is 0 Å². The largest absolute Gasteiger partial charge is 0.0622 e. The zero-order valence-electron chi connectivity index (χ0n) is 14.1. The van der Waals surface area contributed by atoms with Gasteiger partial charge in [-0.1, -0.05) is 109 Å². The summed E-state index contributed by atoms with van der Waals surface area (Å²) in [5.41, 5.74) is 7.81. The topological polar surface area (TPSA) is 0 Å². The molecule has 0 unspecified atom stereocenters. The fourth-order valence-corrected chi connectivity index (χ4v) is 3.27. The molecule has 0 radical (unpaired) electrons. The highest BCUT2D eigenvalue weighted by Gasteiger charge is 2.08. The minimum Gasteiger partial charge on any atom is -0.0622 e. The lowest BCUT2D eigenvalue weighted by atomic mass is 9.91. The maximum Gasteiger partial charge on any atom is -0.00194 e. The van der Waals surface area contributed by atoms with Crippen LogP contribution >= 0.6 is 0 Å². The molecule has 0 nitrogen and oxygen atoms in total. The highest BCUT2D eigenvalue weighted by molar-refractivity contribution is 5.74. The predicted molar refractivity (Wildman–Crippen MR) is 107 cm³/mol. The van der Waals surface area contributed by atoms with E-state index in [-0.39, 0.29) is 0 Å². The first kappa shape index (κ1) is 15.4. The van der Waals surface area contributed by atoms with Crippen molar-refractivity contribution in [3.63, 3.8) is 0 Å². The average Bonchev–Trinajstić information content (AvgIpc) is 2.70. The van der Waals surface area contributed by atoms with Crippen LogP contribution in [0.2, 0.25) is 0 Å². The van der Waals surface area contributed by atoms with Crippen molar-refractivity contribution in [2.75, 3.05) is 0 Å². The van der Waals surface area contributed by atoms with E-state index < -0.39 is 0 Å². The van der Waals surface area contributed by atoms with E-state index in [9.17, 15) is 0 Å². The van der Waals surface area contributed by atoms with Gasteiger partial charge in [0.25, 0.3) is 0 Å².